The predicted molar refractivity (Wildman–Crippen MR) is 120 cm³/mol. The van der Waals surface area contributed by atoms with Crippen molar-refractivity contribution in [3.8, 4) is 0 Å². The zero-order valence-corrected chi connectivity index (χ0v) is 19.7. The Labute approximate surface area is 189 Å². The summed E-state index contributed by atoms with van der Waals surface area (Å²) < 4.78 is 43.2. The fourth-order valence-corrected chi connectivity index (χ4v) is 2.36. The van der Waals surface area contributed by atoms with E-state index in [4.69, 9.17) is 43.6 Å². The van der Waals surface area contributed by atoms with Crippen molar-refractivity contribution in [3.05, 3.63) is 0 Å². The largest absolute Gasteiger partial charge is 0.379 e. The van der Waals surface area contributed by atoms with Crippen LogP contribution in [0.5, 0.6) is 0 Å². The lowest BCUT2D eigenvalue weighted by Crippen LogP contribution is -2.15. The van der Waals surface area contributed by atoms with Gasteiger partial charge in [0.25, 0.3) is 0 Å². The van der Waals surface area contributed by atoms with Crippen LogP contribution in [-0.2, 0) is 37.9 Å². The molecular formula is C22H47NO8. The molecule has 0 radical (unpaired) electrons. The first-order valence-electron chi connectivity index (χ1n) is 11.7. The fourth-order valence-electron chi connectivity index (χ4n) is 2.36. The van der Waals surface area contributed by atoms with Crippen molar-refractivity contribution in [2.75, 3.05) is 112 Å². The molecule has 0 aliphatic heterocycles. The van der Waals surface area contributed by atoms with Crippen molar-refractivity contribution < 1.29 is 37.9 Å². The van der Waals surface area contributed by atoms with Gasteiger partial charge in [0.15, 0.2) is 0 Å². The molecule has 0 aromatic heterocycles. The summed E-state index contributed by atoms with van der Waals surface area (Å²) in [5, 5.41) is 0. The SMILES string of the molecule is CCCCCCOCCOCCOCCOCCOCCOCCOCCOCCN. The Hall–Kier alpha value is -0.360. The van der Waals surface area contributed by atoms with Crippen molar-refractivity contribution in [1.29, 1.82) is 0 Å². The summed E-state index contributed by atoms with van der Waals surface area (Å²) in [6.07, 6.45) is 4.92. The molecule has 2 N–H and O–H groups in total. The zero-order chi connectivity index (χ0) is 22.5. The smallest absolute Gasteiger partial charge is 0.0701 e. The topological polar surface area (TPSA) is 99.9 Å². The van der Waals surface area contributed by atoms with E-state index in [-0.39, 0.29) is 0 Å². The number of hydrogen-bond donors (Lipinski definition) is 1. The van der Waals surface area contributed by atoms with Gasteiger partial charge in [-0.2, -0.15) is 0 Å². The summed E-state index contributed by atoms with van der Waals surface area (Å²) in [5.74, 6) is 0. The first-order valence-corrected chi connectivity index (χ1v) is 11.7. The highest BCUT2D eigenvalue weighted by Crippen LogP contribution is 1.98. The summed E-state index contributed by atoms with van der Waals surface area (Å²) in [7, 11) is 0. The lowest BCUT2D eigenvalue weighted by Gasteiger charge is -2.08. The third-order valence-electron chi connectivity index (χ3n) is 4.01. The minimum atomic E-state index is 0.535. The normalized spacial score (nSPS) is 11.4. The lowest BCUT2D eigenvalue weighted by molar-refractivity contribution is -0.0230. The second-order valence-electron chi connectivity index (χ2n) is 6.75. The van der Waals surface area contributed by atoms with Gasteiger partial charge >= 0.3 is 0 Å². The van der Waals surface area contributed by atoms with Gasteiger partial charge in [-0.1, -0.05) is 26.2 Å². The molecule has 0 aliphatic rings. The minimum absolute atomic E-state index is 0.535. The highest BCUT2D eigenvalue weighted by atomic mass is 16.6. The maximum Gasteiger partial charge on any atom is 0.0701 e. The van der Waals surface area contributed by atoms with Gasteiger partial charge in [0, 0.05) is 13.2 Å². The Bertz CT molecular complexity index is 285. The van der Waals surface area contributed by atoms with Gasteiger partial charge in [-0.25, -0.2) is 0 Å². The van der Waals surface area contributed by atoms with E-state index in [1.807, 2.05) is 0 Å². The second-order valence-corrected chi connectivity index (χ2v) is 6.75. The van der Waals surface area contributed by atoms with Crippen LogP contribution in [0.3, 0.4) is 0 Å². The van der Waals surface area contributed by atoms with Crippen LogP contribution in [0.2, 0.25) is 0 Å². The quantitative estimate of drug-likeness (QED) is 0.177. The summed E-state index contributed by atoms with van der Waals surface area (Å²) >= 11 is 0. The van der Waals surface area contributed by atoms with Gasteiger partial charge in [-0.05, 0) is 6.42 Å². The lowest BCUT2D eigenvalue weighted by atomic mass is 10.2. The fraction of sp³-hybridized carbons (Fsp3) is 1.00. The van der Waals surface area contributed by atoms with Crippen LogP contribution in [0.25, 0.3) is 0 Å². The molecule has 0 aliphatic carbocycles. The Morgan fingerprint density at radius 2 is 0.645 bits per heavy atom. The molecule has 0 saturated carbocycles. The van der Waals surface area contributed by atoms with Crippen molar-refractivity contribution in [2.24, 2.45) is 5.73 Å². The molecule has 9 heteroatoms. The molecule has 0 atom stereocenters. The molecule has 9 nitrogen and oxygen atoms in total. The number of rotatable bonds is 28. The minimum Gasteiger partial charge on any atom is -0.379 e. The van der Waals surface area contributed by atoms with Gasteiger partial charge in [0.05, 0.1) is 99.1 Å². The number of nitrogens with two attached hydrogens (primary N) is 1. The van der Waals surface area contributed by atoms with E-state index in [2.05, 4.69) is 6.92 Å². The molecular weight excluding hydrogens is 406 g/mol. The van der Waals surface area contributed by atoms with Gasteiger partial charge < -0.3 is 43.6 Å². The highest BCUT2D eigenvalue weighted by molar-refractivity contribution is 4.40. The van der Waals surface area contributed by atoms with E-state index in [0.29, 0.717) is 106 Å². The molecule has 0 unspecified atom stereocenters. The van der Waals surface area contributed by atoms with Crippen LogP contribution in [-0.4, -0.2) is 112 Å². The van der Waals surface area contributed by atoms with Crippen molar-refractivity contribution >= 4 is 0 Å². The van der Waals surface area contributed by atoms with Crippen molar-refractivity contribution in [2.45, 2.75) is 32.6 Å². The van der Waals surface area contributed by atoms with E-state index in [0.717, 1.165) is 13.0 Å². The number of unbranched alkanes of at least 4 members (excludes halogenated alkanes) is 3. The van der Waals surface area contributed by atoms with Crippen molar-refractivity contribution in [1.82, 2.24) is 0 Å². The van der Waals surface area contributed by atoms with E-state index in [1.54, 1.807) is 0 Å². The molecule has 0 aromatic rings. The first kappa shape index (κ1) is 30.6. The first-order chi connectivity index (χ1) is 15.4. The summed E-state index contributed by atoms with van der Waals surface area (Å²) in [6, 6.07) is 0. The number of ether oxygens (including phenoxy) is 8. The van der Waals surface area contributed by atoms with Crippen LogP contribution in [0, 0.1) is 0 Å². The van der Waals surface area contributed by atoms with Crippen LogP contribution in [0.4, 0.5) is 0 Å². The molecule has 31 heavy (non-hydrogen) atoms. The zero-order valence-electron chi connectivity index (χ0n) is 19.7. The molecule has 188 valence electrons. The molecule has 0 spiro atoms. The molecule has 0 amide bonds. The summed E-state index contributed by atoms with van der Waals surface area (Å²) in [6.45, 7) is 12.0. The van der Waals surface area contributed by atoms with E-state index in [9.17, 15) is 0 Å². The van der Waals surface area contributed by atoms with Gasteiger partial charge in [0.1, 0.15) is 0 Å². The van der Waals surface area contributed by atoms with Crippen LogP contribution >= 0.6 is 0 Å². The molecule has 0 rings (SSSR count). The van der Waals surface area contributed by atoms with Crippen LogP contribution in [0.15, 0.2) is 0 Å². The molecule has 0 fully saturated rings. The monoisotopic (exact) mass is 453 g/mol. The number of hydrogen-bond acceptors (Lipinski definition) is 9. The van der Waals surface area contributed by atoms with E-state index in [1.165, 1.54) is 19.3 Å². The van der Waals surface area contributed by atoms with Crippen LogP contribution in [0.1, 0.15) is 32.6 Å². The van der Waals surface area contributed by atoms with E-state index < -0.39 is 0 Å². The standard InChI is InChI=1S/C22H47NO8/c1-2-3-4-5-7-24-9-11-26-13-15-28-17-19-30-21-22-31-20-18-29-16-14-27-12-10-25-8-6-23/h2-23H2,1H3. The molecule has 0 bridgehead atoms. The second kappa shape index (κ2) is 29.6. The Morgan fingerprint density at radius 3 is 0.935 bits per heavy atom. The maximum absolute atomic E-state index is 5.51. The maximum atomic E-state index is 5.51. The average Bonchev–Trinajstić information content (AvgIpc) is 2.78. The predicted octanol–water partition coefficient (Wildman–Crippen LogP) is 1.66. The van der Waals surface area contributed by atoms with Gasteiger partial charge in [0.2, 0.25) is 0 Å². The van der Waals surface area contributed by atoms with Crippen molar-refractivity contribution in [3.63, 3.8) is 0 Å². The third kappa shape index (κ3) is 29.6. The summed E-state index contributed by atoms with van der Waals surface area (Å²) in [4.78, 5) is 0. The third-order valence-corrected chi connectivity index (χ3v) is 4.01. The van der Waals surface area contributed by atoms with Gasteiger partial charge in [-0.15, -0.1) is 0 Å². The average molecular weight is 454 g/mol. The summed E-state index contributed by atoms with van der Waals surface area (Å²) in [5.41, 5.74) is 5.31. The molecule has 0 saturated heterocycles. The Kier molecular flexibility index (Phi) is 29.3. The van der Waals surface area contributed by atoms with E-state index >= 15 is 0 Å². The Balaban J connectivity index is 2.98. The van der Waals surface area contributed by atoms with Crippen LogP contribution < -0.4 is 5.73 Å². The highest BCUT2D eigenvalue weighted by Gasteiger charge is 1.95. The molecule has 0 heterocycles. The molecule has 0 aromatic carbocycles. The Morgan fingerprint density at radius 1 is 0.355 bits per heavy atom. The van der Waals surface area contributed by atoms with Gasteiger partial charge in [-0.3, -0.25) is 0 Å².